The van der Waals surface area contributed by atoms with E-state index in [1.54, 1.807) is 0 Å². The van der Waals surface area contributed by atoms with Crippen LogP contribution in [-0.4, -0.2) is 60.7 Å². The van der Waals surface area contributed by atoms with E-state index in [0.29, 0.717) is 23.8 Å². The molecule has 0 spiro atoms. The summed E-state index contributed by atoms with van der Waals surface area (Å²) in [5, 5.41) is 3.23. The molecule has 5 rings (SSSR count). The number of carbonyl (C=O) groups excluding carboxylic acids is 1. The summed E-state index contributed by atoms with van der Waals surface area (Å²) in [6, 6.07) is 2.45. The smallest absolute Gasteiger partial charge is 0.238 e. The molecular formula is C24H37N5O2. The summed E-state index contributed by atoms with van der Waals surface area (Å²) >= 11 is 0. The lowest BCUT2D eigenvalue weighted by Crippen LogP contribution is -2.47. The minimum atomic E-state index is -0.147. The Balaban J connectivity index is 1.22. The van der Waals surface area contributed by atoms with Crippen LogP contribution < -0.4 is 16.2 Å². The van der Waals surface area contributed by atoms with E-state index < -0.39 is 0 Å². The lowest BCUT2D eigenvalue weighted by atomic mass is 9.73. The fraction of sp³-hybridized carbons (Fsp3) is 0.750. The molecule has 3 N–H and O–H groups in total. The first-order valence-electron chi connectivity index (χ1n) is 12.3. The zero-order chi connectivity index (χ0) is 21.0. The molecule has 7 nitrogen and oxygen atoms in total. The van der Waals surface area contributed by atoms with Crippen molar-refractivity contribution < 1.29 is 9.53 Å². The van der Waals surface area contributed by atoms with Crippen LogP contribution in [0, 0.1) is 11.8 Å². The van der Waals surface area contributed by atoms with Gasteiger partial charge in [-0.25, -0.2) is 5.43 Å². The Morgan fingerprint density at radius 3 is 2.84 bits per heavy atom. The molecule has 3 aliphatic heterocycles. The predicted octanol–water partition coefficient (Wildman–Crippen LogP) is 1.95. The minimum absolute atomic E-state index is 0.147. The Bertz CT molecular complexity index is 747. The molecule has 1 amide bonds. The molecule has 170 valence electrons. The average Bonchev–Trinajstić information content (AvgIpc) is 3.48. The Hall–Kier alpha value is -1.54. The molecular weight excluding hydrogens is 390 g/mol. The highest BCUT2D eigenvalue weighted by Gasteiger charge is 2.44. The summed E-state index contributed by atoms with van der Waals surface area (Å²) < 4.78 is 5.44. The third kappa shape index (κ3) is 4.95. The van der Waals surface area contributed by atoms with Gasteiger partial charge in [0.1, 0.15) is 6.04 Å². The molecule has 4 atom stereocenters. The van der Waals surface area contributed by atoms with E-state index in [-0.39, 0.29) is 11.9 Å². The van der Waals surface area contributed by atoms with E-state index in [9.17, 15) is 4.79 Å². The standard InChI is InChI=1S/C24H37N5O2/c30-24(26-14-17-6-11-31-12-7-17)23-20-13-18(3-4-22(20)27-28-23)21-15-25-8-5-19(21)16-29-9-1-2-10-29/h5,8,15,17-18,20,22-23,27-28H,1-4,6-7,9-14,16H2,(H,26,30). The fourth-order valence-electron chi connectivity index (χ4n) is 6.03. The van der Waals surface area contributed by atoms with Crippen molar-refractivity contribution in [3.8, 4) is 0 Å². The second-order valence-electron chi connectivity index (χ2n) is 9.91. The zero-order valence-corrected chi connectivity index (χ0v) is 18.5. The molecule has 0 bridgehead atoms. The number of pyridine rings is 1. The maximum absolute atomic E-state index is 13.0. The van der Waals surface area contributed by atoms with Gasteiger partial charge in [0.15, 0.2) is 0 Å². The Morgan fingerprint density at radius 1 is 1.16 bits per heavy atom. The van der Waals surface area contributed by atoms with Gasteiger partial charge < -0.3 is 10.1 Å². The van der Waals surface area contributed by atoms with Crippen LogP contribution in [0.4, 0.5) is 0 Å². The number of aromatic nitrogens is 1. The summed E-state index contributed by atoms with van der Waals surface area (Å²) in [7, 11) is 0. The van der Waals surface area contributed by atoms with Crippen LogP contribution in [0.5, 0.6) is 0 Å². The number of nitrogens with one attached hydrogen (secondary N) is 3. The lowest BCUT2D eigenvalue weighted by Gasteiger charge is -2.34. The van der Waals surface area contributed by atoms with Crippen molar-refractivity contribution >= 4 is 5.91 Å². The number of fused-ring (bicyclic) bond motifs is 1. The van der Waals surface area contributed by atoms with E-state index in [0.717, 1.165) is 58.4 Å². The Kier molecular flexibility index (Phi) is 6.84. The quantitative estimate of drug-likeness (QED) is 0.644. The highest BCUT2D eigenvalue weighted by Crippen LogP contribution is 2.40. The van der Waals surface area contributed by atoms with Crippen molar-refractivity contribution in [2.24, 2.45) is 11.8 Å². The first-order valence-corrected chi connectivity index (χ1v) is 12.3. The number of hydrazine groups is 1. The Morgan fingerprint density at radius 2 is 2.00 bits per heavy atom. The molecule has 3 saturated heterocycles. The minimum Gasteiger partial charge on any atom is -0.381 e. The summed E-state index contributed by atoms with van der Waals surface area (Å²) in [4.78, 5) is 20.1. The van der Waals surface area contributed by atoms with Crippen LogP contribution in [0.15, 0.2) is 18.5 Å². The maximum atomic E-state index is 13.0. The van der Waals surface area contributed by atoms with Crippen molar-refractivity contribution in [2.45, 2.75) is 69.5 Å². The number of ether oxygens (including phenoxy) is 1. The zero-order valence-electron chi connectivity index (χ0n) is 18.5. The average molecular weight is 428 g/mol. The van der Waals surface area contributed by atoms with E-state index in [4.69, 9.17) is 4.74 Å². The SMILES string of the molecule is O=C(NCC1CCOCC1)C1NNC2CCC(c3cnccc3CN3CCCC3)CC21. The van der Waals surface area contributed by atoms with Gasteiger partial charge in [-0.3, -0.25) is 20.1 Å². The lowest BCUT2D eigenvalue weighted by molar-refractivity contribution is -0.124. The molecule has 0 radical (unpaired) electrons. The molecule has 7 heteroatoms. The van der Waals surface area contributed by atoms with Gasteiger partial charge in [-0.2, -0.15) is 0 Å². The van der Waals surface area contributed by atoms with Crippen LogP contribution in [0.1, 0.15) is 62.0 Å². The van der Waals surface area contributed by atoms with Crippen molar-refractivity contribution in [3.63, 3.8) is 0 Å². The van der Waals surface area contributed by atoms with Crippen molar-refractivity contribution in [3.05, 3.63) is 29.6 Å². The predicted molar refractivity (Wildman–Crippen MR) is 119 cm³/mol. The van der Waals surface area contributed by atoms with Gasteiger partial charge in [-0.05, 0) is 87.1 Å². The van der Waals surface area contributed by atoms with E-state index in [1.165, 1.54) is 37.1 Å². The van der Waals surface area contributed by atoms with Crippen LogP contribution in [0.3, 0.4) is 0 Å². The normalized spacial score (nSPS) is 32.1. The summed E-state index contributed by atoms with van der Waals surface area (Å²) in [6.45, 7) is 5.86. The van der Waals surface area contributed by atoms with Crippen LogP contribution in [0.25, 0.3) is 0 Å². The highest BCUT2D eigenvalue weighted by molar-refractivity contribution is 5.82. The Labute approximate surface area is 185 Å². The van der Waals surface area contributed by atoms with Crippen LogP contribution in [-0.2, 0) is 16.1 Å². The van der Waals surface area contributed by atoms with Gasteiger partial charge in [-0.15, -0.1) is 0 Å². The van der Waals surface area contributed by atoms with Gasteiger partial charge in [0.2, 0.25) is 5.91 Å². The van der Waals surface area contributed by atoms with Gasteiger partial charge in [0, 0.05) is 50.7 Å². The first kappa shape index (κ1) is 21.3. The molecule has 4 heterocycles. The topological polar surface area (TPSA) is 78.5 Å². The monoisotopic (exact) mass is 427 g/mol. The number of nitrogens with zero attached hydrogens (tertiary/aromatic N) is 2. The number of hydrogen-bond acceptors (Lipinski definition) is 6. The second-order valence-corrected chi connectivity index (χ2v) is 9.91. The molecule has 1 aromatic heterocycles. The third-order valence-corrected chi connectivity index (χ3v) is 7.92. The summed E-state index contributed by atoms with van der Waals surface area (Å²) in [5.41, 5.74) is 9.57. The number of hydrogen-bond donors (Lipinski definition) is 3. The second kappa shape index (κ2) is 9.94. The molecule has 31 heavy (non-hydrogen) atoms. The summed E-state index contributed by atoms with van der Waals surface area (Å²) in [6.07, 6.45) is 12.0. The number of carbonyl (C=O) groups is 1. The molecule has 4 fully saturated rings. The third-order valence-electron chi connectivity index (χ3n) is 7.92. The number of rotatable bonds is 6. The van der Waals surface area contributed by atoms with Crippen molar-refractivity contribution in [1.29, 1.82) is 0 Å². The molecule has 1 saturated carbocycles. The molecule has 4 aliphatic rings. The highest BCUT2D eigenvalue weighted by atomic mass is 16.5. The summed E-state index contributed by atoms with van der Waals surface area (Å²) in [5.74, 6) is 1.51. The van der Waals surface area contributed by atoms with E-state index >= 15 is 0 Å². The molecule has 1 aliphatic carbocycles. The van der Waals surface area contributed by atoms with E-state index in [1.807, 2.05) is 6.20 Å². The molecule has 1 aromatic rings. The van der Waals surface area contributed by atoms with Crippen molar-refractivity contribution in [2.75, 3.05) is 32.8 Å². The largest absolute Gasteiger partial charge is 0.381 e. The van der Waals surface area contributed by atoms with Crippen LogP contribution in [0.2, 0.25) is 0 Å². The fourth-order valence-corrected chi connectivity index (χ4v) is 6.03. The van der Waals surface area contributed by atoms with Gasteiger partial charge >= 0.3 is 0 Å². The molecule has 0 aromatic carbocycles. The number of amides is 1. The van der Waals surface area contributed by atoms with E-state index in [2.05, 4.69) is 38.3 Å². The first-order chi connectivity index (χ1) is 15.3. The van der Waals surface area contributed by atoms with Gasteiger partial charge in [0.05, 0.1) is 0 Å². The van der Waals surface area contributed by atoms with Gasteiger partial charge in [0.25, 0.3) is 0 Å². The van der Waals surface area contributed by atoms with Gasteiger partial charge in [-0.1, -0.05) is 0 Å². The number of likely N-dealkylation sites (tertiary alicyclic amines) is 1. The molecule has 4 unspecified atom stereocenters. The van der Waals surface area contributed by atoms with Crippen LogP contribution >= 0.6 is 0 Å². The van der Waals surface area contributed by atoms with Crippen molar-refractivity contribution in [1.82, 2.24) is 26.1 Å². The maximum Gasteiger partial charge on any atom is 0.238 e.